The van der Waals surface area contributed by atoms with Crippen molar-refractivity contribution in [1.29, 1.82) is 0 Å². The van der Waals surface area contributed by atoms with Gasteiger partial charge in [-0.05, 0) is 54.8 Å². The number of aryl methyl sites for hydroxylation is 2. The van der Waals surface area contributed by atoms with Gasteiger partial charge >= 0.3 is 0 Å². The van der Waals surface area contributed by atoms with Gasteiger partial charge in [0.25, 0.3) is 0 Å². The quantitative estimate of drug-likeness (QED) is 0.797. The van der Waals surface area contributed by atoms with Crippen molar-refractivity contribution in [2.45, 2.75) is 19.2 Å². The van der Waals surface area contributed by atoms with Crippen LogP contribution in [-0.2, 0) is 4.79 Å². The van der Waals surface area contributed by atoms with E-state index in [1.54, 1.807) is 11.8 Å². The number of benzene rings is 2. The zero-order valence-corrected chi connectivity index (χ0v) is 13.5. The molecule has 2 aromatic carbocycles. The predicted octanol–water partition coefficient (Wildman–Crippen LogP) is 4.74. The monoisotopic (exact) mass is 317 g/mol. The van der Waals surface area contributed by atoms with Crippen LogP contribution in [0.4, 0.5) is 5.69 Å². The number of thioether (sulfide) groups is 1. The van der Waals surface area contributed by atoms with Gasteiger partial charge in [0.1, 0.15) is 5.37 Å². The molecule has 1 atom stereocenters. The molecule has 1 aliphatic rings. The van der Waals surface area contributed by atoms with Crippen LogP contribution in [0.15, 0.2) is 42.5 Å². The predicted molar refractivity (Wildman–Crippen MR) is 90.1 cm³/mol. The smallest absolute Gasteiger partial charge is 0.238 e. The Hall–Kier alpha value is -1.45. The van der Waals surface area contributed by atoms with Gasteiger partial charge in [0.2, 0.25) is 5.91 Å². The Bertz CT molecular complexity index is 681. The minimum absolute atomic E-state index is 0.00241. The Balaban J connectivity index is 2.03. The highest BCUT2D eigenvalue weighted by Gasteiger charge is 2.34. The molecule has 1 unspecified atom stereocenters. The second-order valence-electron chi connectivity index (χ2n) is 5.33. The zero-order valence-electron chi connectivity index (χ0n) is 12.0. The van der Waals surface area contributed by atoms with E-state index in [4.69, 9.17) is 11.6 Å². The van der Waals surface area contributed by atoms with Crippen LogP contribution in [0.5, 0.6) is 0 Å². The highest BCUT2D eigenvalue weighted by Crippen LogP contribution is 2.42. The van der Waals surface area contributed by atoms with Crippen molar-refractivity contribution in [2.75, 3.05) is 10.7 Å². The van der Waals surface area contributed by atoms with Gasteiger partial charge in [-0.25, -0.2) is 0 Å². The van der Waals surface area contributed by atoms with Gasteiger partial charge in [-0.2, -0.15) is 0 Å². The van der Waals surface area contributed by atoms with Crippen LogP contribution in [0, 0.1) is 13.8 Å². The van der Waals surface area contributed by atoms with Crippen LogP contribution in [0.3, 0.4) is 0 Å². The molecule has 108 valence electrons. The molecule has 0 radical (unpaired) electrons. The Morgan fingerprint density at radius 2 is 1.86 bits per heavy atom. The number of carbonyl (C=O) groups is 1. The zero-order chi connectivity index (χ0) is 15.0. The number of anilines is 1. The lowest BCUT2D eigenvalue weighted by Gasteiger charge is -2.25. The third-order valence-electron chi connectivity index (χ3n) is 3.49. The molecule has 0 saturated carbocycles. The van der Waals surface area contributed by atoms with Gasteiger partial charge in [0.15, 0.2) is 0 Å². The molecule has 0 spiro atoms. The fourth-order valence-corrected chi connectivity index (χ4v) is 4.07. The number of amides is 1. The van der Waals surface area contributed by atoms with E-state index >= 15 is 0 Å². The highest BCUT2D eigenvalue weighted by atomic mass is 35.5. The molecule has 2 aromatic rings. The standard InChI is InChI=1S/C17H16ClNOS/c1-11-6-12(2)8-15(7-11)19-16(20)10-21-17(19)13-4-3-5-14(18)9-13/h3-9,17H,10H2,1-2H3. The van der Waals surface area contributed by atoms with Gasteiger partial charge in [-0.15, -0.1) is 11.8 Å². The van der Waals surface area contributed by atoms with Gasteiger partial charge in [-0.1, -0.05) is 29.8 Å². The summed E-state index contributed by atoms with van der Waals surface area (Å²) in [7, 11) is 0. The minimum Gasteiger partial charge on any atom is -0.295 e. The first-order valence-corrected chi connectivity index (χ1v) is 8.25. The molecule has 1 fully saturated rings. The lowest BCUT2D eigenvalue weighted by atomic mass is 10.1. The topological polar surface area (TPSA) is 20.3 Å². The lowest BCUT2D eigenvalue weighted by Crippen LogP contribution is -2.27. The van der Waals surface area contributed by atoms with Crippen LogP contribution in [-0.4, -0.2) is 11.7 Å². The van der Waals surface area contributed by atoms with Crippen LogP contribution in [0.25, 0.3) is 0 Å². The first-order valence-electron chi connectivity index (χ1n) is 6.82. The summed E-state index contributed by atoms with van der Waals surface area (Å²) in [5, 5.41) is 0.699. The third kappa shape index (κ3) is 2.94. The summed E-state index contributed by atoms with van der Waals surface area (Å²) in [6.45, 7) is 4.11. The molecule has 4 heteroatoms. The number of nitrogens with zero attached hydrogens (tertiary/aromatic N) is 1. The van der Waals surface area contributed by atoms with Gasteiger partial charge in [0.05, 0.1) is 5.75 Å². The molecule has 1 aliphatic heterocycles. The number of hydrogen-bond acceptors (Lipinski definition) is 2. The van der Waals surface area contributed by atoms with Crippen molar-refractivity contribution < 1.29 is 4.79 Å². The molecule has 0 bridgehead atoms. The van der Waals surface area contributed by atoms with E-state index in [-0.39, 0.29) is 11.3 Å². The molecular weight excluding hydrogens is 302 g/mol. The number of halogens is 1. The molecule has 1 amide bonds. The lowest BCUT2D eigenvalue weighted by molar-refractivity contribution is -0.115. The van der Waals surface area contributed by atoms with Gasteiger partial charge in [-0.3, -0.25) is 9.69 Å². The van der Waals surface area contributed by atoms with Crippen molar-refractivity contribution >= 4 is 35.0 Å². The second-order valence-corrected chi connectivity index (χ2v) is 6.83. The Morgan fingerprint density at radius 3 is 2.52 bits per heavy atom. The normalized spacial score (nSPS) is 18.3. The molecule has 0 aromatic heterocycles. The summed E-state index contributed by atoms with van der Waals surface area (Å²) in [4.78, 5) is 14.2. The van der Waals surface area contributed by atoms with Gasteiger partial charge in [0, 0.05) is 10.7 Å². The summed E-state index contributed by atoms with van der Waals surface area (Å²) < 4.78 is 0. The van der Waals surface area contributed by atoms with Crippen LogP contribution in [0.1, 0.15) is 22.1 Å². The maximum Gasteiger partial charge on any atom is 0.238 e. The average molecular weight is 318 g/mol. The Morgan fingerprint density at radius 1 is 1.14 bits per heavy atom. The van der Waals surface area contributed by atoms with E-state index in [1.165, 1.54) is 11.1 Å². The molecule has 2 nitrogen and oxygen atoms in total. The fraction of sp³-hybridized carbons (Fsp3) is 0.235. The molecular formula is C17H16ClNOS. The van der Waals surface area contributed by atoms with E-state index in [0.29, 0.717) is 10.8 Å². The Labute approximate surface area is 134 Å². The van der Waals surface area contributed by atoms with Crippen molar-refractivity contribution in [1.82, 2.24) is 0 Å². The maximum absolute atomic E-state index is 12.3. The molecule has 0 aliphatic carbocycles. The molecule has 0 N–H and O–H groups in total. The minimum atomic E-state index is -0.00241. The molecule has 3 rings (SSSR count). The first-order chi connectivity index (χ1) is 10.0. The summed E-state index contributed by atoms with van der Waals surface area (Å²) in [5.41, 5.74) is 4.36. The summed E-state index contributed by atoms with van der Waals surface area (Å²) >= 11 is 7.74. The second kappa shape index (κ2) is 5.74. The van der Waals surface area contributed by atoms with E-state index < -0.39 is 0 Å². The van der Waals surface area contributed by atoms with E-state index in [9.17, 15) is 4.79 Å². The number of hydrogen-bond donors (Lipinski definition) is 0. The van der Waals surface area contributed by atoms with E-state index in [0.717, 1.165) is 11.3 Å². The summed E-state index contributed by atoms with van der Waals surface area (Å²) in [6, 6.07) is 14.0. The number of carbonyl (C=O) groups excluding carboxylic acids is 1. The van der Waals surface area contributed by atoms with E-state index in [1.807, 2.05) is 29.2 Å². The van der Waals surface area contributed by atoms with Crippen LogP contribution < -0.4 is 4.90 Å². The van der Waals surface area contributed by atoms with E-state index in [2.05, 4.69) is 32.0 Å². The number of rotatable bonds is 2. The van der Waals surface area contributed by atoms with Gasteiger partial charge < -0.3 is 0 Å². The largest absolute Gasteiger partial charge is 0.295 e. The molecule has 1 heterocycles. The van der Waals surface area contributed by atoms with Crippen molar-refractivity contribution in [3.63, 3.8) is 0 Å². The SMILES string of the molecule is Cc1cc(C)cc(N2C(=O)CSC2c2cccc(Cl)c2)c1. The Kier molecular flexibility index (Phi) is 3.96. The molecule has 1 saturated heterocycles. The van der Waals surface area contributed by atoms with Crippen molar-refractivity contribution in [3.8, 4) is 0 Å². The van der Waals surface area contributed by atoms with Crippen molar-refractivity contribution in [3.05, 3.63) is 64.2 Å². The first kappa shape index (κ1) is 14.5. The average Bonchev–Trinajstić information content (AvgIpc) is 2.79. The maximum atomic E-state index is 12.3. The molecule has 21 heavy (non-hydrogen) atoms. The van der Waals surface area contributed by atoms with Crippen LogP contribution in [0.2, 0.25) is 5.02 Å². The third-order valence-corrected chi connectivity index (χ3v) is 4.93. The summed E-state index contributed by atoms with van der Waals surface area (Å²) in [5.74, 6) is 0.652. The summed E-state index contributed by atoms with van der Waals surface area (Å²) in [6.07, 6.45) is 0. The fourth-order valence-electron chi connectivity index (χ4n) is 2.70. The van der Waals surface area contributed by atoms with Crippen molar-refractivity contribution in [2.24, 2.45) is 0 Å². The highest BCUT2D eigenvalue weighted by molar-refractivity contribution is 8.00. The van der Waals surface area contributed by atoms with Crippen LogP contribution >= 0.6 is 23.4 Å².